The van der Waals surface area contributed by atoms with E-state index in [1.807, 2.05) is 65.1 Å². The quantitative estimate of drug-likeness (QED) is 0.302. The fraction of sp³-hybridized carbons (Fsp3) is 0.214. The van der Waals surface area contributed by atoms with Gasteiger partial charge < -0.3 is 15.1 Å². The van der Waals surface area contributed by atoms with Gasteiger partial charge in [0.25, 0.3) is 0 Å². The van der Waals surface area contributed by atoms with Crippen LogP contribution >= 0.6 is 11.3 Å². The molecule has 2 aromatic carbocycles. The van der Waals surface area contributed by atoms with E-state index in [9.17, 15) is 9.18 Å². The number of nitrogens with one attached hydrogen (secondary N) is 1. The van der Waals surface area contributed by atoms with Gasteiger partial charge in [-0.05, 0) is 50.0 Å². The summed E-state index contributed by atoms with van der Waals surface area (Å²) in [5, 5.41) is 9.89. The van der Waals surface area contributed by atoms with E-state index in [4.69, 9.17) is 0 Å². The zero-order chi connectivity index (χ0) is 26.2. The molecule has 1 aliphatic heterocycles. The molecule has 0 atom stereocenters. The first-order valence-corrected chi connectivity index (χ1v) is 13.1. The minimum atomic E-state index is -0.255. The summed E-state index contributed by atoms with van der Waals surface area (Å²) in [7, 11) is 3.94. The Balaban J connectivity index is 1.24. The molecule has 5 aromatic rings. The van der Waals surface area contributed by atoms with Crippen LogP contribution in [0.15, 0.2) is 67.1 Å². The number of carbonyl (C=O) groups excluding carboxylic acids is 1. The van der Waals surface area contributed by atoms with E-state index in [1.54, 1.807) is 29.8 Å². The van der Waals surface area contributed by atoms with E-state index >= 15 is 0 Å². The smallest absolute Gasteiger partial charge is 0.246 e. The minimum Gasteiger partial charge on any atom is -0.340 e. The second-order valence-electron chi connectivity index (χ2n) is 9.60. The number of amides is 1. The Hall–Kier alpha value is -4.15. The van der Waals surface area contributed by atoms with Gasteiger partial charge >= 0.3 is 0 Å². The lowest BCUT2D eigenvalue weighted by Crippen LogP contribution is -2.23. The number of fused-ring (bicyclic) bond motifs is 4. The predicted molar refractivity (Wildman–Crippen MR) is 148 cm³/mol. The van der Waals surface area contributed by atoms with Gasteiger partial charge in [-0.2, -0.15) is 5.10 Å². The summed E-state index contributed by atoms with van der Waals surface area (Å²) in [4.78, 5) is 27.7. The second kappa shape index (κ2) is 9.96. The maximum atomic E-state index is 13.6. The molecule has 38 heavy (non-hydrogen) atoms. The van der Waals surface area contributed by atoms with Gasteiger partial charge in [0, 0.05) is 40.7 Å². The lowest BCUT2D eigenvalue weighted by Gasteiger charge is -2.14. The van der Waals surface area contributed by atoms with Crippen molar-refractivity contribution in [1.82, 2.24) is 29.5 Å². The van der Waals surface area contributed by atoms with Gasteiger partial charge in [-0.3, -0.25) is 9.48 Å². The third kappa shape index (κ3) is 4.75. The van der Waals surface area contributed by atoms with E-state index in [-0.39, 0.29) is 11.7 Å². The van der Waals surface area contributed by atoms with Crippen molar-refractivity contribution in [3.05, 3.63) is 89.0 Å². The standard InChI is InChI=1S/C28H26FN7OS/c1-34(2)10-4-7-25(37)35-15-22-24(16-35)38-28-26(22)27(30-17-31-28)33-21-8-9-23-19(12-21)13-32-36(23)14-18-5-3-6-20(29)11-18/h3-9,11-13,17H,10,14-16H2,1-2H3,(H,30,31,33). The Morgan fingerprint density at radius 3 is 2.92 bits per heavy atom. The van der Waals surface area contributed by atoms with Gasteiger partial charge in [0.15, 0.2) is 0 Å². The third-order valence-electron chi connectivity index (χ3n) is 6.52. The third-order valence-corrected chi connectivity index (χ3v) is 7.65. The van der Waals surface area contributed by atoms with Crippen LogP contribution in [-0.2, 0) is 24.4 Å². The Morgan fingerprint density at radius 2 is 2.08 bits per heavy atom. The Bertz CT molecular complexity index is 1690. The molecule has 1 N–H and O–H groups in total. The van der Waals surface area contributed by atoms with Crippen molar-refractivity contribution in [2.75, 3.05) is 26.0 Å². The van der Waals surface area contributed by atoms with Crippen LogP contribution in [0.5, 0.6) is 0 Å². The molecule has 8 nitrogen and oxygen atoms in total. The number of anilines is 2. The lowest BCUT2D eigenvalue weighted by molar-refractivity contribution is -0.126. The Kier molecular flexibility index (Phi) is 6.34. The number of benzene rings is 2. The van der Waals surface area contributed by atoms with Crippen LogP contribution in [-0.4, -0.2) is 56.1 Å². The number of hydrogen-bond donors (Lipinski definition) is 1. The average molecular weight is 528 g/mol. The van der Waals surface area contributed by atoms with E-state index in [0.717, 1.165) is 55.2 Å². The summed E-state index contributed by atoms with van der Waals surface area (Å²) in [5.74, 6) is 0.474. The summed E-state index contributed by atoms with van der Waals surface area (Å²) in [6.45, 7) is 2.33. The molecule has 1 amide bonds. The molecule has 3 aromatic heterocycles. The normalized spacial score (nSPS) is 13.3. The van der Waals surface area contributed by atoms with Crippen molar-refractivity contribution in [2.24, 2.45) is 0 Å². The van der Waals surface area contributed by atoms with E-state index < -0.39 is 0 Å². The molecule has 0 saturated carbocycles. The number of carbonyl (C=O) groups is 1. The van der Waals surface area contributed by atoms with Crippen molar-refractivity contribution >= 4 is 49.9 Å². The molecule has 0 saturated heterocycles. The fourth-order valence-corrected chi connectivity index (χ4v) is 5.87. The SMILES string of the molecule is CN(C)CC=CC(=O)N1Cc2sc3ncnc(Nc4ccc5c(cnn5Cc5cccc(F)c5)c4)c3c2C1. The Labute approximate surface area is 223 Å². The highest BCUT2D eigenvalue weighted by atomic mass is 32.1. The van der Waals surface area contributed by atoms with Crippen LogP contribution in [0.3, 0.4) is 0 Å². The molecular formula is C28H26FN7OS. The number of thiophene rings is 1. The molecule has 0 aliphatic carbocycles. The molecule has 192 valence electrons. The highest BCUT2D eigenvalue weighted by molar-refractivity contribution is 7.19. The number of nitrogens with zero attached hydrogens (tertiary/aromatic N) is 6. The number of hydrogen-bond acceptors (Lipinski definition) is 7. The van der Waals surface area contributed by atoms with Gasteiger partial charge in [-0.1, -0.05) is 18.2 Å². The summed E-state index contributed by atoms with van der Waals surface area (Å²) in [6.07, 6.45) is 6.92. The highest BCUT2D eigenvalue weighted by Crippen LogP contribution is 2.40. The number of likely N-dealkylation sites (N-methyl/N-ethyl adjacent to an activating group) is 1. The fourth-order valence-electron chi connectivity index (χ4n) is 4.71. The number of halogens is 1. The molecular weight excluding hydrogens is 501 g/mol. The van der Waals surface area contributed by atoms with Crippen molar-refractivity contribution in [1.29, 1.82) is 0 Å². The van der Waals surface area contributed by atoms with Crippen molar-refractivity contribution in [2.45, 2.75) is 19.6 Å². The van der Waals surface area contributed by atoms with E-state index in [2.05, 4.69) is 20.4 Å². The first kappa shape index (κ1) is 24.2. The van der Waals surface area contributed by atoms with Gasteiger partial charge in [-0.15, -0.1) is 11.3 Å². The van der Waals surface area contributed by atoms with Gasteiger partial charge in [0.2, 0.25) is 5.91 Å². The molecule has 0 fully saturated rings. The molecule has 10 heteroatoms. The maximum absolute atomic E-state index is 13.6. The first-order chi connectivity index (χ1) is 18.4. The van der Waals surface area contributed by atoms with Crippen LogP contribution in [0.4, 0.5) is 15.9 Å². The maximum Gasteiger partial charge on any atom is 0.246 e. The first-order valence-electron chi connectivity index (χ1n) is 12.3. The van der Waals surface area contributed by atoms with E-state index in [0.29, 0.717) is 19.6 Å². The summed E-state index contributed by atoms with van der Waals surface area (Å²) < 4.78 is 15.5. The van der Waals surface area contributed by atoms with Crippen molar-refractivity contribution in [3.8, 4) is 0 Å². The summed E-state index contributed by atoms with van der Waals surface area (Å²) in [5.41, 5.74) is 3.79. The van der Waals surface area contributed by atoms with Crippen LogP contribution in [0.1, 0.15) is 16.0 Å². The van der Waals surface area contributed by atoms with Gasteiger partial charge in [0.1, 0.15) is 22.8 Å². The summed E-state index contributed by atoms with van der Waals surface area (Å²) in [6, 6.07) is 12.6. The highest BCUT2D eigenvalue weighted by Gasteiger charge is 2.28. The van der Waals surface area contributed by atoms with Crippen LogP contribution in [0, 0.1) is 5.82 Å². The monoisotopic (exact) mass is 527 g/mol. The van der Waals surface area contributed by atoms with Crippen LogP contribution in [0.2, 0.25) is 0 Å². The van der Waals surface area contributed by atoms with Crippen LogP contribution < -0.4 is 5.32 Å². The largest absolute Gasteiger partial charge is 0.340 e. The van der Waals surface area contributed by atoms with Crippen molar-refractivity contribution in [3.63, 3.8) is 0 Å². The molecule has 0 bridgehead atoms. The number of rotatable bonds is 7. The Morgan fingerprint density at radius 1 is 1.18 bits per heavy atom. The number of aromatic nitrogens is 4. The molecule has 6 rings (SSSR count). The zero-order valence-corrected chi connectivity index (χ0v) is 21.9. The lowest BCUT2D eigenvalue weighted by atomic mass is 10.2. The summed E-state index contributed by atoms with van der Waals surface area (Å²) >= 11 is 1.61. The van der Waals surface area contributed by atoms with Crippen LogP contribution in [0.25, 0.3) is 21.1 Å². The zero-order valence-electron chi connectivity index (χ0n) is 21.1. The molecule has 0 radical (unpaired) electrons. The van der Waals surface area contributed by atoms with Gasteiger partial charge in [-0.25, -0.2) is 14.4 Å². The van der Waals surface area contributed by atoms with Crippen molar-refractivity contribution < 1.29 is 9.18 Å². The molecule has 1 aliphatic rings. The van der Waals surface area contributed by atoms with Gasteiger partial charge in [0.05, 0.1) is 30.2 Å². The second-order valence-corrected chi connectivity index (χ2v) is 10.7. The predicted octanol–water partition coefficient (Wildman–Crippen LogP) is 4.93. The van der Waals surface area contributed by atoms with E-state index in [1.165, 1.54) is 12.1 Å². The molecule has 0 unspecified atom stereocenters. The average Bonchev–Trinajstić information content (AvgIpc) is 3.57. The molecule has 4 heterocycles. The minimum absolute atomic E-state index is 0.00969. The topological polar surface area (TPSA) is 79.2 Å². The molecule has 0 spiro atoms.